The standard InChI is InChI=1S/C17H21FN4O/c18-13-3-4-15(12(10-13)11-19)21-8-5-14(6-9-21)22-7-1-2-16(22)17(20)23/h3-4,10,14,16H,1-2,5-9H2,(H2,20,23). The molecule has 2 heterocycles. The SMILES string of the molecule is N#Cc1cc(F)ccc1N1CCC(N2CCCC2C(N)=O)CC1. The van der Waals surface area contributed by atoms with E-state index in [1.807, 2.05) is 0 Å². The summed E-state index contributed by atoms with van der Waals surface area (Å²) in [6.45, 7) is 2.53. The van der Waals surface area contributed by atoms with Gasteiger partial charge in [-0.3, -0.25) is 9.69 Å². The molecule has 1 amide bonds. The molecule has 0 aromatic heterocycles. The molecule has 2 N–H and O–H groups in total. The molecule has 1 unspecified atom stereocenters. The summed E-state index contributed by atoms with van der Waals surface area (Å²) < 4.78 is 13.3. The highest BCUT2D eigenvalue weighted by Crippen LogP contribution is 2.29. The Labute approximate surface area is 135 Å². The molecule has 1 aromatic rings. The molecule has 6 heteroatoms. The first-order valence-corrected chi connectivity index (χ1v) is 8.10. The lowest BCUT2D eigenvalue weighted by Crippen LogP contribution is -2.50. The number of piperidine rings is 1. The Balaban J connectivity index is 1.67. The van der Waals surface area contributed by atoms with Crippen molar-refractivity contribution in [2.75, 3.05) is 24.5 Å². The van der Waals surface area contributed by atoms with Crippen LogP contribution in [0.1, 0.15) is 31.2 Å². The fourth-order valence-corrected chi connectivity index (χ4v) is 3.84. The van der Waals surface area contributed by atoms with Crippen molar-refractivity contribution in [1.29, 1.82) is 5.26 Å². The zero-order valence-electron chi connectivity index (χ0n) is 13.0. The van der Waals surface area contributed by atoms with Crippen molar-refractivity contribution >= 4 is 11.6 Å². The first-order chi connectivity index (χ1) is 11.1. The van der Waals surface area contributed by atoms with E-state index in [1.54, 1.807) is 6.07 Å². The van der Waals surface area contributed by atoms with Crippen molar-refractivity contribution in [2.45, 2.75) is 37.8 Å². The summed E-state index contributed by atoms with van der Waals surface area (Å²) in [7, 11) is 0. The Kier molecular flexibility index (Phi) is 4.49. The summed E-state index contributed by atoms with van der Waals surface area (Å²) >= 11 is 0. The smallest absolute Gasteiger partial charge is 0.234 e. The Morgan fingerprint density at radius 1 is 1.26 bits per heavy atom. The maximum Gasteiger partial charge on any atom is 0.234 e. The zero-order valence-corrected chi connectivity index (χ0v) is 13.0. The number of carbonyl (C=O) groups excluding carboxylic acids is 1. The van der Waals surface area contributed by atoms with E-state index in [2.05, 4.69) is 15.9 Å². The van der Waals surface area contributed by atoms with E-state index in [0.717, 1.165) is 51.0 Å². The molecular formula is C17H21FN4O. The molecule has 0 spiro atoms. The van der Waals surface area contributed by atoms with Gasteiger partial charge in [0.1, 0.15) is 11.9 Å². The number of benzene rings is 1. The largest absolute Gasteiger partial charge is 0.370 e. The topological polar surface area (TPSA) is 73.4 Å². The second-order valence-corrected chi connectivity index (χ2v) is 6.29. The lowest BCUT2D eigenvalue weighted by molar-refractivity contribution is -0.123. The van der Waals surface area contributed by atoms with Crippen LogP contribution in [0.2, 0.25) is 0 Å². The van der Waals surface area contributed by atoms with Gasteiger partial charge in [-0.25, -0.2) is 4.39 Å². The lowest BCUT2D eigenvalue weighted by Gasteiger charge is -2.39. The number of nitrogens with zero attached hydrogens (tertiary/aromatic N) is 3. The summed E-state index contributed by atoms with van der Waals surface area (Å²) in [5.41, 5.74) is 6.67. The molecule has 5 nitrogen and oxygen atoms in total. The maximum atomic E-state index is 13.3. The number of amides is 1. The normalized spacial score (nSPS) is 23.0. The van der Waals surface area contributed by atoms with Gasteiger partial charge in [-0.15, -0.1) is 0 Å². The van der Waals surface area contributed by atoms with E-state index in [4.69, 9.17) is 5.73 Å². The molecule has 3 rings (SSSR count). The number of hydrogen-bond acceptors (Lipinski definition) is 4. The number of anilines is 1. The highest BCUT2D eigenvalue weighted by Gasteiger charge is 2.35. The minimum Gasteiger partial charge on any atom is -0.370 e. The molecule has 0 saturated carbocycles. The molecule has 2 saturated heterocycles. The van der Waals surface area contributed by atoms with Crippen molar-refractivity contribution in [1.82, 2.24) is 4.90 Å². The van der Waals surface area contributed by atoms with Crippen LogP contribution in [-0.4, -0.2) is 42.5 Å². The van der Waals surface area contributed by atoms with Crippen molar-refractivity contribution in [3.63, 3.8) is 0 Å². The number of hydrogen-bond donors (Lipinski definition) is 1. The summed E-state index contributed by atoms with van der Waals surface area (Å²) in [5, 5.41) is 9.19. The van der Waals surface area contributed by atoms with Gasteiger partial charge in [-0.2, -0.15) is 5.26 Å². The quantitative estimate of drug-likeness (QED) is 0.919. The fourth-order valence-electron chi connectivity index (χ4n) is 3.84. The van der Waals surface area contributed by atoms with Crippen LogP contribution in [0.3, 0.4) is 0 Å². The molecule has 1 aromatic carbocycles. The first kappa shape index (κ1) is 15.8. The van der Waals surface area contributed by atoms with Gasteiger partial charge in [0.15, 0.2) is 0 Å². The minimum atomic E-state index is -0.387. The third kappa shape index (κ3) is 3.15. The van der Waals surface area contributed by atoms with E-state index < -0.39 is 0 Å². The highest BCUT2D eigenvalue weighted by molar-refractivity contribution is 5.80. The van der Waals surface area contributed by atoms with Crippen molar-refractivity contribution in [3.8, 4) is 6.07 Å². The first-order valence-electron chi connectivity index (χ1n) is 8.10. The van der Waals surface area contributed by atoms with E-state index in [1.165, 1.54) is 12.1 Å². The van der Waals surface area contributed by atoms with Gasteiger partial charge in [0.25, 0.3) is 0 Å². The number of rotatable bonds is 3. The Hall–Kier alpha value is -2.13. The molecule has 1 atom stereocenters. The Bertz CT molecular complexity index is 634. The van der Waals surface area contributed by atoms with Gasteiger partial charge in [0.05, 0.1) is 17.3 Å². The number of carbonyl (C=O) groups is 1. The Morgan fingerprint density at radius 2 is 2.00 bits per heavy atom. The zero-order chi connectivity index (χ0) is 16.4. The minimum absolute atomic E-state index is 0.132. The van der Waals surface area contributed by atoms with Gasteiger partial charge in [-0.05, 0) is 50.4 Å². The van der Waals surface area contributed by atoms with E-state index >= 15 is 0 Å². The summed E-state index contributed by atoms with van der Waals surface area (Å²) in [5.74, 6) is -0.614. The molecule has 122 valence electrons. The van der Waals surface area contributed by atoms with Gasteiger partial charge < -0.3 is 10.6 Å². The van der Waals surface area contributed by atoms with Gasteiger partial charge in [0, 0.05) is 19.1 Å². The molecule has 23 heavy (non-hydrogen) atoms. The fraction of sp³-hybridized carbons (Fsp3) is 0.529. The van der Waals surface area contributed by atoms with Crippen molar-refractivity contribution in [2.24, 2.45) is 5.73 Å². The summed E-state index contributed by atoms with van der Waals surface area (Å²) in [6, 6.07) is 6.65. The van der Waals surface area contributed by atoms with Crippen LogP contribution in [0.25, 0.3) is 0 Å². The average Bonchev–Trinajstić information content (AvgIpc) is 3.05. The maximum absolute atomic E-state index is 13.3. The van der Waals surface area contributed by atoms with Gasteiger partial charge >= 0.3 is 0 Å². The van der Waals surface area contributed by atoms with E-state index in [9.17, 15) is 14.4 Å². The summed E-state index contributed by atoms with van der Waals surface area (Å²) in [6.07, 6.45) is 3.72. The van der Waals surface area contributed by atoms with Crippen LogP contribution < -0.4 is 10.6 Å². The second kappa shape index (κ2) is 6.55. The highest BCUT2D eigenvalue weighted by atomic mass is 19.1. The number of primary amides is 1. The molecule has 2 aliphatic rings. The number of nitriles is 1. The van der Waals surface area contributed by atoms with Crippen LogP contribution in [-0.2, 0) is 4.79 Å². The number of likely N-dealkylation sites (tertiary alicyclic amines) is 1. The van der Waals surface area contributed by atoms with Crippen molar-refractivity contribution < 1.29 is 9.18 Å². The number of nitrogens with two attached hydrogens (primary N) is 1. The van der Waals surface area contributed by atoms with Crippen LogP contribution in [0, 0.1) is 17.1 Å². The van der Waals surface area contributed by atoms with E-state index in [0.29, 0.717) is 11.6 Å². The van der Waals surface area contributed by atoms with Crippen LogP contribution >= 0.6 is 0 Å². The monoisotopic (exact) mass is 316 g/mol. The van der Waals surface area contributed by atoms with E-state index in [-0.39, 0.29) is 17.8 Å². The predicted octanol–water partition coefficient (Wildman–Crippen LogP) is 1.62. The second-order valence-electron chi connectivity index (χ2n) is 6.29. The number of halogens is 1. The predicted molar refractivity (Wildman–Crippen MR) is 85.3 cm³/mol. The third-order valence-electron chi connectivity index (χ3n) is 4.98. The van der Waals surface area contributed by atoms with Crippen molar-refractivity contribution in [3.05, 3.63) is 29.6 Å². The Morgan fingerprint density at radius 3 is 2.65 bits per heavy atom. The molecule has 2 fully saturated rings. The summed E-state index contributed by atoms with van der Waals surface area (Å²) in [4.78, 5) is 15.9. The van der Waals surface area contributed by atoms with Crippen LogP contribution in [0.5, 0.6) is 0 Å². The molecule has 0 radical (unpaired) electrons. The van der Waals surface area contributed by atoms with Gasteiger partial charge in [0.2, 0.25) is 5.91 Å². The molecule has 0 aliphatic carbocycles. The van der Waals surface area contributed by atoms with Gasteiger partial charge in [-0.1, -0.05) is 0 Å². The molecule has 2 aliphatic heterocycles. The molecular weight excluding hydrogens is 295 g/mol. The third-order valence-corrected chi connectivity index (χ3v) is 4.98. The lowest BCUT2D eigenvalue weighted by atomic mass is 10.0. The molecule has 0 bridgehead atoms. The average molecular weight is 316 g/mol. The van der Waals surface area contributed by atoms with Crippen LogP contribution in [0.4, 0.5) is 10.1 Å². The van der Waals surface area contributed by atoms with Crippen LogP contribution in [0.15, 0.2) is 18.2 Å².